The van der Waals surface area contributed by atoms with Gasteiger partial charge in [-0.3, -0.25) is 0 Å². The summed E-state index contributed by atoms with van der Waals surface area (Å²) in [7, 11) is 0. The summed E-state index contributed by atoms with van der Waals surface area (Å²) in [4.78, 5) is 11.4. The number of hydrogen-bond donors (Lipinski definition) is 2. The zero-order valence-corrected chi connectivity index (χ0v) is 12.5. The van der Waals surface area contributed by atoms with Crippen LogP contribution in [-0.2, 0) is 11.2 Å². The number of aryl methyl sites for hydroxylation is 1. The van der Waals surface area contributed by atoms with Crippen molar-refractivity contribution < 1.29 is 19.4 Å². The lowest BCUT2D eigenvalue weighted by Gasteiger charge is -2.19. The largest absolute Gasteiger partial charge is 0.504 e. The van der Waals surface area contributed by atoms with E-state index in [0.29, 0.717) is 12.3 Å². The molecule has 1 rings (SSSR count). The standard InChI is InChI=1S/C15H23NO4/c1-5-11-6-7-12(17)13(10-11)19-9-8-16-14(18)20-15(2,3)4/h6-7,10,17H,5,8-9H2,1-4H3,(H,16,18). The van der Waals surface area contributed by atoms with Crippen molar-refractivity contribution in [3.05, 3.63) is 23.8 Å². The minimum absolute atomic E-state index is 0.0967. The van der Waals surface area contributed by atoms with Gasteiger partial charge in [0.2, 0.25) is 0 Å². The highest BCUT2D eigenvalue weighted by Crippen LogP contribution is 2.26. The van der Waals surface area contributed by atoms with Crippen LogP contribution < -0.4 is 10.1 Å². The van der Waals surface area contributed by atoms with Gasteiger partial charge in [0.25, 0.3) is 0 Å². The van der Waals surface area contributed by atoms with Gasteiger partial charge in [-0.1, -0.05) is 13.0 Å². The summed E-state index contributed by atoms with van der Waals surface area (Å²) in [6, 6.07) is 5.25. The van der Waals surface area contributed by atoms with E-state index in [1.54, 1.807) is 32.9 Å². The molecule has 0 saturated carbocycles. The van der Waals surface area contributed by atoms with Crippen LogP contribution >= 0.6 is 0 Å². The van der Waals surface area contributed by atoms with Gasteiger partial charge in [-0.15, -0.1) is 0 Å². The van der Waals surface area contributed by atoms with Crippen molar-refractivity contribution in [1.82, 2.24) is 5.32 Å². The normalized spacial score (nSPS) is 11.0. The van der Waals surface area contributed by atoms with Crippen molar-refractivity contribution in [1.29, 1.82) is 0 Å². The quantitative estimate of drug-likeness (QED) is 0.814. The van der Waals surface area contributed by atoms with Crippen LogP contribution in [0.25, 0.3) is 0 Å². The molecule has 1 aromatic carbocycles. The molecule has 5 heteroatoms. The first-order valence-electron chi connectivity index (χ1n) is 6.73. The number of amides is 1. The second-order valence-electron chi connectivity index (χ2n) is 5.43. The fourth-order valence-corrected chi connectivity index (χ4v) is 1.52. The summed E-state index contributed by atoms with van der Waals surface area (Å²) in [5.41, 5.74) is 0.566. The summed E-state index contributed by atoms with van der Waals surface area (Å²) in [6.07, 6.45) is 0.389. The molecule has 2 N–H and O–H groups in total. The predicted molar refractivity (Wildman–Crippen MR) is 77.2 cm³/mol. The zero-order valence-electron chi connectivity index (χ0n) is 12.5. The molecule has 0 fully saturated rings. The molecule has 0 aliphatic rings. The van der Waals surface area contributed by atoms with E-state index in [1.807, 2.05) is 13.0 Å². The smallest absolute Gasteiger partial charge is 0.407 e. The number of ether oxygens (including phenoxy) is 2. The van der Waals surface area contributed by atoms with Gasteiger partial charge in [-0.05, 0) is 44.9 Å². The molecular formula is C15H23NO4. The number of nitrogens with one attached hydrogen (secondary N) is 1. The molecule has 0 aliphatic carbocycles. The molecule has 0 radical (unpaired) electrons. The Morgan fingerprint density at radius 3 is 2.65 bits per heavy atom. The van der Waals surface area contributed by atoms with Crippen LogP contribution in [-0.4, -0.2) is 30.0 Å². The Labute approximate surface area is 119 Å². The number of phenols is 1. The molecule has 1 aromatic rings. The van der Waals surface area contributed by atoms with E-state index in [-0.39, 0.29) is 12.4 Å². The van der Waals surface area contributed by atoms with Crippen molar-refractivity contribution in [2.45, 2.75) is 39.7 Å². The minimum atomic E-state index is -0.515. The maximum absolute atomic E-state index is 11.4. The first kappa shape index (κ1) is 16.1. The van der Waals surface area contributed by atoms with Crippen LogP contribution in [0.5, 0.6) is 11.5 Å². The van der Waals surface area contributed by atoms with Crippen LogP contribution in [0.3, 0.4) is 0 Å². The Bertz CT molecular complexity index is 452. The molecule has 20 heavy (non-hydrogen) atoms. The number of carbonyl (C=O) groups is 1. The molecular weight excluding hydrogens is 258 g/mol. The third-order valence-electron chi connectivity index (χ3n) is 2.46. The summed E-state index contributed by atoms with van der Waals surface area (Å²) in [5.74, 6) is 0.523. The molecule has 0 unspecified atom stereocenters. The SMILES string of the molecule is CCc1ccc(O)c(OCCNC(=O)OC(C)(C)C)c1. The molecule has 0 aliphatic heterocycles. The lowest BCUT2D eigenvalue weighted by molar-refractivity contribution is 0.0520. The van der Waals surface area contributed by atoms with E-state index >= 15 is 0 Å². The van der Waals surface area contributed by atoms with Crippen LogP contribution in [0.15, 0.2) is 18.2 Å². The Balaban J connectivity index is 2.36. The van der Waals surface area contributed by atoms with Gasteiger partial charge in [0, 0.05) is 0 Å². The molecule has 5 nitrogen and oxygen atoms in total. The van der Waals surface area contributed by atoms with E-state index in [0.717, 1.165) is 12.0 Å². The highest BCUT2D eigenvalue weighted by atomic mass is 16.6. The van der Waals surface area contributed by atoms with Gasteiger partial charge < -0.3 is 19.9 Å². The summed E-state index contributed by atoms with van der Waals surface area (Å²) in [6.45, 7) is 8.01. The first-order valence-corrected chi connectivity index (χ1v) is 6.73. The average Bonchev–Trinajstić information content (AvgIpc) is 2.34. The number of hydrogen-bond acceptors (Lipinski definition) is 4. The van der Waals surface area contributed by atoms with Crippen LogP contribution in [0.2, 0.25) is 0 Å². The van der Waals surface area contributed by atoms with Crippen LogP contribution in [0.1, 0.15) is 33.3 Å². The van der Waals surface area contributed by atoms with Gasteiger partial charge >= 0.3 is 6.09 Å². The highest BCUT2D eigenvalue weighted by Gasteiger charge is 2.15. The summed E-state index contributed by atoms with van der Waals surface area (Å²) in [5, 5.41) is 12.2. The lowest BCUT2D eigenvalue weighted by atomic mass is 10.1. The Morgan fingerprint density at radius 2 is 2.05 bits per heavy atom. The van der Waals surface area contributed by atoms with Gasteiger partial charge in [0.1, 0.15) is 12.2 Å². The third kappa shape index (κ3) is 5.82. The third-order valence-corrected chi connectivity index (χ3v) is 2.46. The van der Waals surface area contributed by atoms with Crippen molar-refractivity contribution >= 4 is 6.09 Å². The maximum Gasteiger partial charge on any atom is 0.407 e. The van der Waals surface area contributed by atoms with Gasteiger partial charge in [0.15, 0.2) is 11.5 Å². The van der Waals surface area contributed by atoms with Gasteiger partial charge in [0.05, 0.1) is 6.54 Å². The second kappa shape index (κ2) is 7.03. The maximum atomic E-state index is 11.4. The zero-order chi connectivity index (χ0) is 15.2. The Kier molecular flexibility index (Phi) is 5.67. The molecule has 0 spiro atoms. The van der Waals surface area contributed by atoms with E-state index in [9.17, 15) is 9.90 Å². The minimum Gasteiger partial charge on any atom is -0.504 e. The lowest BCUT2D eigenvalue weighted by Crippen LogP contribution is -2.34. The van der Waals surface area contributed by atoms with E-state index in [1.165, 1.54) is 0 Å². The molecule has 0 bridgehead atoms. The average molecular weight is 281 g/mol. The molecule has 112 valence electrons. The van der Waals surface area contributed by atoms with E-state index in [4.69, 9.17) is 9.47 Å². The molecule has 0 aromatic heterocycles. The Hall–Kier alpha value is -1.91. The van der Waals surface area contributed by atoms with Crippen molar-refractivity contribution in [2.75, 3.05) is 13.2 Å². The summed E-state index contributed by atoms with van der Waals surface area (Å²) < 4.78 is 10.5. The number of aromatic hydroxyl groups is 1. The predicted octanol–water partition coefficient (Wildman–Crippen LogP) is 2.86. The number of carbonyl (C=O) groups excluding carboxylic acids is 1. The van der Waals surface area contributed by atoms with E-state index < -0.39 is 11.7 Å². The van der Waals surface area contributed by atoms with Crippen LogP contribution in [0.4, 0.5) is 4.79 Å². The number of rotatable bonds is 5. The van der Waals surface area contributed by atoms with Gasteiger partial charge in [-0.25, -0.2) is 4.79 Å². The highest BCUT2D eigenvalue weighted by molar-refractivity contribution is 5.67. The number of benzene rings is 1. The van der Waals surface area contributed by atoms with Crippen molar-refractivity contribution in [3.8, 4) is 11.5 Å². The van der Waals surface area contributed by atoms with E-state index in [2.05, 4.69) is 5.32 Å². The van der Waals surface area contributed by atoms with Gasteiger partial charge in [-0.2, -0.15) is 0 Å². The Morgan fingerprint density at radius 1 is 1.35 bits per heavy atom. The molecule has 0 heterocycles. The molecule has 0 saturated heterocycles. The topological polar surface area (TPSA) is 67.8 Å². The first-order chi connectivity index (χ1) is 9.31. The number of alkyl carbamates (subject to hydrolysis) is 1. The fraction of sp³-hybridized carbons (Fsp3) is 0.533. The van der Waals surface area contributed by atoms with Crippen LogP contribution in [0, 0.1) is 0 Å². The molecule has 0 atom stereocenters. The monoisotopic (exact) mass is 281 g/mol. The second-order valence-corrected chi connectivity index (χ2v) is 5.43. The molecule has 1 amide bonds. The van der Waals surface area contributed by atoms with Crippen molar-refractivity contribution in [3.63, 3.8) is 0 Å². The fourth-order valence-electron chi connectivity index (χ4n) is 1.52. The number of phenolic OH excluding ortho intramolecular Hbond substituents is 1. The van der Waals surface area contributed by atoms with Crippen molar-refractivity contribution in [2.24, 2.45) is 0 Å². The summed E-state index contributed by atoms with van der Waals surface area (Å²) >= 11 is 0.